The van der Waals surface area contributed by atoms with Gasteiger partial charge in [0.2, 0.25) is 5.91 Å². The van der Waals surface area contributed by atoms with Crippen molar-refractivity contribution in [3.05, 3.63) is 36.7 Å². The molecule has 5 heterocycles. The van der Waals surface area contributed by atoms with Crippen molar-refractivity contribution in [2.75, 3.05) is 18.9 Å². The number of amides is 1. The Kier molecular flexibility index (Phi) is 11.3. The molecule has 243 valence electrons. The molecule has 45 heavy (non-hydrogen) atoms. The number of imidazole rings is 1. The van der Waals surface area contributed by atoms with E-state index >= 15 is 0 Å². The number of fused-ring (bicyclic) bond motifs is 1. The first-order valence-electron chi connectivity index (χ1n) is 12.7. The number of nitrogens with two attached hydrogens (primary N) is 2. The smallest absolute Gasteiger partial charge is 0.387 e. The van der Waals surface area contributed by atoms with Crippen molar-refractivity contribution in [3.63, 3.8) is 0 Å². The molecule has 2 aromatic rings. The van der Waals surface area contributed by atoms with Gasteiger partial charge in [0.1, 0.15) is 48.5 Å². The minimum atomic E-state index is -5.37. The number of nitrogen functional groups attached to an aromatic ring is 1. The number of carbonyl (C=O) groups excluding carboxylic acids is 1. The van der Waals surface area contributed by atoms with Gasteiger partial charge in [0.15, 0.2) is 23.9 Å². The number of allylic oxidation sites excluding steroid dienone is 1. The number of carbonyl (C=O) groups is 1. The van der Waals surface area contributed by atoms with Gasteiger partial charge in [-0.05, 0) is 6.42 Å². The molecule has 0 bridgehead atoms. The maximum atomic E-state index is 12.4. The molecule has 10 N–H and O–H groups in total. The molecule has 24 heteroatoms. The summed E-state index contributed by atoms with van der Waals surface area (Å²) in [7, 11) is -10.7. The number of nitrogens with zero attached hydrogens (tertiary/aromatic N) is 5. The van der Waals surface area contributed by atoms with Crippen molar-refractivity contribution in [2.24, 2.45) is 5.73 Å². The van der Waals surface area contributed by atoms with Gasteiger partial charge in [0, 0.05) is 47.5 Å². The van der Waals surface area contributed by atoms with E-state index in [4.69, 9.17) is 30.0 Å². The summed E-state index contributed by atoms with van der Waals surface area (Å²) < 4.78 is 50.8. The van der Waals surface area contributed by atoms with Gasteiger partial charge in [-0.1, -0.05) is 6.08 Å². The predicted molar refractivity (Wildman–Crippen MR) is 148 cm³/mol. The summed E-state index contributed by atoms with van der Waals surface area (Å²) in [5.41, 5.74) is 11.6. The molecule has 3 aliphatic heterocycles. The summed E-state index contributed by atoms with van der Waals surface area (Å²) >= 11 is 0. The maximum Gasteiger partial charge on any atom is 0.481 e. The van der Waals surface area contributed by atoms with Gasteiger partial charge in [-0.15, -0.1) is 0 Å². The van der Waals surface area contributed by atoms with Crippen molar-refractivity contribution in [2.45, 2.75) is 55.5 Å². The molecular formula is C21H29N7NaO14P2. The van der Waals surface area contributed by atoms with E-state index in [-0.39, 0.29) is 58.5 Å². The summed E-state index contributed by atoms with van der Waals surface area (Å²) in [5, 5.41) is 41.6. The van der Waals surface area contributed by atoms with Crippen molar-refractivity contribution < 1.29 is 67.0 Å². The first-order valence-corrected chi connectivity index (χ1v) is 15.7. The topological polar surface area (TPSA) is 318 Å². The van der Waals surface area contributed by atoms with Gasteiger partial charge < -0.3 is 56.1 Å². The molecule has 0 saturated carbocycles. The summed E-state index contributed by atoms with van der Waals surface area (Å²) in [4.78, 5) is 44.6. The first kappa shape index (κ1) is 36.0. The summed E-state index contributed by atoms with van der Waals surface area (Å²) in [6.07, 6.45) is -4.88. The molecule has 2 saturated heterocycles. The van der Waals surface area contributed by atoms with Gasteiger partial charge in [0.25, 0.3) is 0 Å². The molecule has 1 amide bonds. The summed E-state index contributed by atoms with van der Waals surface area (Å²) in [5.74, 6) is -0.658. The van der Waals surface area contributed by atoms with Gasteiger partial charge in [-0.25, -0.2) is 24.1 Å². The Bertz CT molecular complexity index is 1560. The second kappa shape index (κ2) is 14.1. The van der Waals surface area contributed by atoms with Crippen LogP contribution in [-0.2, 0) is 36.8 Å². The van der Waals surface area contributed by atoms with Crippen LogP contribution < -0.4 is 11.5 Å². The van der Waals surface area contributed by atoms with Crippen molar-refractivity contribution in [1.29, 1.82) is 0 Å². The Hall–Kier alpha value is -1.88. The fourth-order valence-electron chi connectivity index (χ4n) is 4.68. The number of rotatable bonds is 11. The zero-order valence-corrected chi connectivity index (χ0v) is 27.2. The Balaban J connectivity index is 0.00000461. The number of anilines is 1. The number of aliphatic hydroxyl groups excluding tert-OH is 4. The van der Waals surface area contributed by atoms with Crippen LogP contribution in [0.4, 0.5) is 5.82 Å². The molecular weight excluding hydrogens is 659 g/mol. The number of phosphoric ester groups is 2. The molecule has 0 aromatic carbocycles. The van der Waals surface area contributed by atoms with E-state index in [1.165, 1.54) is 28.2 Å². The summed E-state index contributed by atoms with van der Waals surface area (Å²) in [6, 6.07) is 0. The van der Waals surface area contributed by atoms with Crippen LogP contribution in [0.5, 0.6) is 0 Å². The minimum Gasteiger partial charge on any atom is -0.387 e. The minimum absolute atomic E-state index is 0. The van der Waals surface area contributed by atoms with E-state index in [2.05, 4.69) is 19.3 Å². The number of hydrogen-bond acceptors (Lipinski definition) is 17. The normalized spacial score (nSPS) is 32.6. The fraction of sp³-hybridized carbons (Fsp3) is 0.524. The molecule has 2 aromatic heterocycles. The summed E-state index contributed by atoms with van der Waals surface area (Å²) in [6.45, 7) is -1.79. The average molecular weight is 688 g/mol. The number of aliphatic hydroxyl groups is 4. The molecule has 3 aliphatic rings. The third kappa shape index (κ3) is 7.82. The molecule has 2 fully saturated rings. The van der Waals surface area contributed by atoms with Crippen LogP contribution >= 0.6 is 15.6 Å². The predicted octanol–water partition coefficient (Wildman–Crippen LogP) is -3.07. The largest absolute Gasteiger partial charge is 0.481 e. The maximum absolute atomic E-state index is 12.4. The van der Waals surface area contributed by atoms with Gasteiger partial charge >= 0.3 is 15.6 Å². The van der Waals surface area contributed by atoms with Crippen LogP contribution in [0.15, 0.2) is 36.7 Å². The number of phosphoric acid groups is 2. The molecule has 10 atom stereocenters. The van der Waals surface area contributed by atoms with E-state index in [0.717, 1.165) is 6.33 Å². The van der Waals surface area contributed by atoms with E-state index in [1.54, 1.807) is 6.08 Å². The Morgan fingerprint density at radius 1 is 0.956 bits per heavy atom. The molecule has 0 aliphatic carbocycles. The van der Waals surface area contributed by atoms with Crippen LogP contribution in [-0.4, -0.2) is 146 Å². The van der Waals surface area contributed by atoms with Crippen LogP contribution in [0.1, 0.15) is 12.6 Å². The van der Waals surface area contributed by atoms with E-state index in [9.17, 15) is 44.1 Å². The SMILES string of the molecule is NC(=O)C1=CN([C@@H]2O[C@H](COP(=O)(O)OP(=O)(O)OC[C@H]3O[C@@H](n4cnc5c(N)ncnc54)[C@H](O)[C@@H]3O)[C@@H](O)[C@H]2O)C=CC1.[Na]. The quantitative estimate of drug-likeness (QED) is 0.0857. The number of ether oxygens (including phenoxy) is 2. The number of hydrogen-bond donors (Lipinski definition) is 8. The third-order valence-electron chi connectivity index (χ3n) is 6.88. The van der Waals surface area contributed by atoms with Gasteiger partial charge in [-0.2, -0.15) is 4.31 Å². The zero-order chi connectivity index (χ0) is 32.0. The van der Waals surface area contributed by atoms with Crippen LogP contribution in [0.2, 0.25) is 0 Å². The van der Waals surface area contributed by atoms with Gasteiger partial charge in [0.05, 0.1) is 19.5 Å². The van der Waals surface area contributed by atoms with Crippen molar-refractivity contribution in [3.8, 4) is 0 Å². The van der Waals surface area contributed by atoms with E-state index in [0.29, 0.717) is 0 Å². The van der Waals surface area contributed by atoms with Crippen LogP contribution in [0, 0.1) is 0 Å². The molecule has 0 spiro atoms. The zero-order valence-electron chi connectivity index (χ0n) is 23.4. The second-order valence-corrected chi connectivity index (χ2v) is 12.9. The second-order valence-electron chi connectivity index (χ2n) is 9.84. The fourth-order valence-corrected chi connectivity index (χ4v) is 6.77. The van der Waals surface area contributed by atoms with Crippen molar-refractivity contribution in [1.82, 2.24) is 24.4 Å². The van der Waals surface area contributed by atoms with Gasteiger partial charge in [-0.3, -0.25) is 18.4 Å². The van der Waals surface area contributed by atoms with E-state index in [1.807, 2.05) is 0 Å². The average Bonchev–Trinajstić information content (AvgIpc) is 3.61. The Labute approximate surface area is 275 Å². The molecule has 1 radical (unpaired) electrons. The monoisotopic (exact) mass is 688 g/mol. The molecule has 2 unspecified atom stereocenters. The van der Waals surface area contributed by atoms with Crippen molar-refractivity contribution >= 4 is 68.1 Å². The standard InChI is InChI=1S/C21H29N7O14P2.Na/c22-17-12-19(25-7-24-17)28(8-26-12)21-16(32)14(30)11(41-21)6-39-44(36,37)42-43(34,35)38-5-10-13(29)15(31)20(40-10)27-3-1-2-9(4-27)18(23)33;/h1,3-4,7-8,10-11,13-16,20-21,29-32H,2,5-6H2,(H2,23,33)(H,34,35)(H,36,37)(H2,22,24,25);/t10-,11-,13-,14-,15-,16-,20-,21-;/m1./s1. The molecule has 5 rings (SSSR count). The third-order valence-corrected chi connectivity index (χ3v) is 9.48. The first-order chi connectivity index (χ1) is 20.7. The molecule has 21 nitrogen and oxygen atoms in total. The Morgan fingerprint density at radius 2 is 1.53 bits per heavy atom. The van der Waals surface area contributed by atoms with Crippen LogP contribution in [0.25, 0.3) is 11.2 Å². The van der Waals surface area contributed by atoms with Crippen LogP contribution in [0.3, 0.4) is 0 Å². The van der Waals surface area contributed by atoms with E-state index < -0.39 is 83.8 Å². The number of primary amides is 1. The number of aromatic nitrogens is 4. The Morgan fingerprint density at radius 3 is 2.13 bits per heavy atom.